The third-order valence-electron chi connectivity index (χ3n) is 5.65. The molecule has 1 aromatic carbocycles. The van der Waals surface area contributed by atoms with Crippen LogP contribution in [0.2, 0.25) is 0 Å². The number of nitrogen functional groups attached to an aromatic ring is 1. The van der Waals surface area contributed by atoms with Crippen LogP contribution in [0, 0.1) is 5.41 Å². The van der Waals surface area contributed by atoms with E-state index in [2.05, 4.69) is 15.0 Å². The van der Waals surface area contributed by atoms with E-state index in [1.807, 2.05) is 6.92 Å². The Morgan fingerprint density at radius 2 is 1.89 bits per heavy atom. The number of carbonyl (C=O) groups is 3. The fourth-order valence-corrected chi connectivity index (χ4v) is 3.88. The van der Waals surface area contributed by atoms with Gasteiger partial charge in [0.1, 0.15) is 5.82 Å². The fourth-order valence-electron chi connectivity index (χ4n) is 3.88. The number of hydrogen-bond donors (Lipinski definition) is 3. The lowest BCUT2D eigenvalue weighted by atomic mass is 9.75. The third-order valence-corrected chi connectivity index (χ3v) is 5.65. The lowest BCUT2D eigenvalue weighted by Crippen LogP contribution is -2.35. The van der Waals surface area contributed by atoms with Crippen molar-refractivity contribution in [3.63, 3.8) is 0 Å². The topological polar surface area (TPSA) is 114 Å². The molecule has 0 saturated heterocycles. The predicted octanol–water partition coefficient (Wildman–Crippen LogP) is 3.79. The zero-order chi connectivity index (χ0) is 20.3. The SMILES string of the molecule is COC(=O)CCC(=O)c1c(N)[nH]c2cc(NC(=O)C3(C)CCCCC3)ccc12. The molecule has 0 spiro atoms. The lowest BCUT2D eigenvalue weighted by molar-refractivity contribution is -0.140. The van der Waals surface area contributed by atoms with Crippen molar-refractivity contribution >= 4 is 40.1 Å². The van der Waals surface area contributed by atoms with Gasteiger partial charge in [0, 0.05) is 28.4 Å². The number of amides is 1. The van der Waals surface area contributed by atoms with Crippen LogP contribution in [0.3, 0.4) is 0 Å². The lowest BCUT2D eigenvalue weighted by Gasteiger charge is -2.32. The Morgan fingerprint density at radius 3 is 2.57 bits per heavy atom. The highest BCUT2D eigenvalue weighted by molar-refractivity contribution is 6.13. The van der Waals surface area contributed by atoms with Gasteiger partial charge in [-0.25, -0.2) is 0 Å². The molecule has 1 amide bonds. The number of benzene rings is 1. The predicted molar refractivity (Wildman–Crippen MR) is 108 cm³/mol. The zero-order valence-corrected chi connectivity index (χ0v) is 16.4. The van der Waals surface area contributed by atoms with Gasteiger partial charge in [-0.2, -0.15) is 0 Å². The molecule has 0 unspecified atom stereocenters. The molecule has 3 rings (SSSR count). The molecule has 2 aromatic rings. The first-order valence-electron chi connectivity index (χ1n) is 9.67. The van der Waals surface area contributed by atoms with Gasteiger partial charge in [-0.3, -0.25) is 14.4 Å². The average molecular weight is 385 g/mol. The van der Waals surface area contributed by atoms with Crippen LogP contribution in [0.25, 0.3) is 10.9 Å². The number of nitrogens with one attached hydrogen (secondary N) is 2. The van der Waals surface area contributed by atoms with E-state index in [9.17, 15) is 14.4 Å². The second kappa shape index (κ2) is 8.04. The van der Waals surface area contributed by atoms with Crippen molar-refractivity contribution in [1.82, 2.24) is 4.98 Å². The van der Waals surface area contributed by atoms with Gasteiger partial charge in [-0.05, 0) is 31.0 Å². The molecule has 0 atom stereocenters. The molecule has 1 aliphatic rings. The number of methoxy groups -OCH3 is 1. The Morgan fingerprint density at radius 1 is 1.18 bits per heavy atom. The Balaban J connectivity index is 1.78. The van der Waals surface area contributed by atoms with Crippen molar-refractivity contribution in [1.29, 1.82) is 0 Å². The molecule has 1 saturated carbocycles. The number of anilines is 2. The van der Waals surface area contributed by atoms with E-state index < -0.39 is 5.97 Å². The van der Waals surface area contributed by atoms with Crippen LogP contribution < -0.4 is 11.1 Å². The fraction of sp³-hybridized carbons (Fsp3) is 0.476. The highest BCUT2D eigenvalue weighted by Gasteiger charge is 2.34. The first kappa shape index (κ1) is 19.9. The molecule has 28 heavy (non-hydrogen) atoms. The summed E-state index contributed by atoms with van der Waals surface area (Å²) in [6.07, 6.45) is 5.17. The molecule has 1 aromatic heterocycles. The molecule has 0 radical (unpaired) electrons. The highest BCUT2D eigenvalue weighted by Crippen LogP contribution is 2.37. The van der Waals surface area contributed by atoms with Crippen molar-refractivity contribution in [3.8, 4) is 0 Å². The van der Waals surface area contributed by atoms with Gasteiger partial charge >= 0.3 is 5.97 Å². The van der Waals surface area contributed by atoms with E-state index in [0.29, 0.717) is 22.2 Å². The number of nitrogens with two attached hydrogens (primary N) is 1. The average Bonchev–Trinajstić information content (AvgIpc) is 3.01. The van der Waals surface area contributed by atoms with Gasteiger partial charge < -0.3 is 20.8 Å². The normalized spacial score (nSPS) is 15.9. The number of ether oxygens (including phenoxy) is 1. The van der Waals surface area contributed by atoms with Crippen LogP contribution >= 0.6 is 0 Å². The minimum atomic E-state index is -0.437. The number of esters is 1. The number of hydrogen-bond acceptors (Lipinski definition) is 5. The van der Waals surface area contributed by atoms with Crippen LogP contribution in [-0.4, -0.2) is 29.8 Å². The maximum absolute atomic E-state index is 12.7. The molecule has 150 valence electrons. The van der Waals surface area contributed by atoms with Gasteiger partial charge in [-0.15, -0.1) is 0 Å². The van der Waals surface area contributed by atoms with E-state index in [4.69, 9.17) is 5.73 Å². The smallest absolute Gasteiger partial charge is 0.305 e. The van der Waals surface area contributed by atoms with Crippen LogP contribution in [0.1, 0.15) is 62.2 Å². The van der Waals surface area contributed by atoms with E-state index in [1.54, 1.807) is 18.2 Å². The number of rotatable bonds is 6. The summed E-state index contributed by atoms with van der Waals surface area (Å²) < 4.78 is 4.58. The van der Waals surface area contributed by atoms with E-state index in [1.165, 1.54) is 13.5 Å². The molecule has 1 aliphatic carbocycles. The largest absolute Gasteiger partial charge is 0.469 e. The van der Waals surface area contributed by atoms with E-state index in [-0.39, 0.29) is 35.8 Å². The minimum absolute atomic E-state index is 0.00811. The van der Waals surface area contributed by atoms with Gasteiger partial charge in [0.2, 0.25) is 5.91 Å². The maximum atomic E-state index is 12.7. The second-order valence-electron chi connectivity index (χ2n) is 7.75. The Hall–Kier alpha value is -2.83. The number of fused-ring (bicyclic) bond motifs is 1. The number of aromatic nitrogens is 1. The number of aromatic amines is 1. The second-order valence-corrected chi connectivity index (χ2v) is 7.75. The first-order valence-corrected chi connectivity index (χ1v) is 9.67. The summed E-state index contributed by atoms with van der Waals surface area (Å²) in [4.78, 5) is 39.5. The van der Waals surface area contributed by atoms with Crippen LogP contribution in [0.5, 0.6) is 0 Å². The summed E-state index contributed by atoms with van der Waals surface area (Å²) in [7, 11) is 1.29. The van der Waals surface area contributed by atoms with E-state index >= 15 is 0 Å². The summed E-state index contributed by atoms with van der Waals surface area (Å²) in [6.45, 7) is 2.02. The minimum Gasteiger partial charge on any atom is -0.469 e. The summed E-state index contributed by atoms with van der Waals surface area (Å²) in [5.41, 5.74) is 7.38. The molecule has 7 heteroatoms. The third kappa shape index (κ3) is 4.03. The summed E-state index contributed by atoms with van der Waals surface area (Å²) >= 11 is 0. The molecular formula is C21H27N3O4. The van der Waals surface area contributed by atoms with Crippen molar-refractivity contribution in [3.05, 3.63) is 23.8 Å². The quantitative estimate of drug-likeness (QED) is 0.517. The first-order chi connectivity index (χ1) is 13.3. The molecular weight excluding hydrogens is 358 g/mol. The van der Waals surface area contributed by atoms with E-state index in [0.717, 1.165) is 25.7 Å². The number of carbonyl (C=O) groups excluding carboxylic acids is 3. The molecule has 1 heterocycles. The van der Waals surface area contributed by atoms with Crippen molar-refractivity contribution < 1.29 is 19.1 Å². The summed E-state index contributed by atoms with van der Waals surface area (Å²) in [5.74, 6) is -0.373. The Bertz CT molecular complexity index is 910. The Kier molecular flexibility index (Phi) is 5.72. The summed E-state index contributed by atoms with van der Waals surface area (Å²) in [6, 6.07) is 5.33. The molecule has 4 N–H and O–H groups in total. The van der Waals surface area contributed by atoms with Gasteiger partial charge in [0.25, 0.3) is 0 Å². The number of H-pyrrole nitrogens is 1. The molecule has 1 fully saturated rings. The number of ketones is 1. The van der Waals surface area contributed by atoms with Crippen molar-refractivity contribution in [2.45, 2.75) is 51.9 Å². The van der Waals surface area contributed by atoms with Crippen molar-refractivity contribution in [2.75, 3.05) is 18.2 Å². The number of Topliss-reactive ketones (excluding diaryl/α,β-unsaturated/α-hetero) is 1. The van der Waals surface area contributed by atoms with Gasteiger partial charge in [0.15, 0.2) is 5.78 Å². The van der Waals surface area contributed by atoms with Gasteiger partial charge in [0.05, 0.1) is 19.1 Å². The van der Waals surface area contributed by atoms with Crippen LogP contribution in [0.4, 0.5) is 11.5 Å². The molecule has 0 bridgehead atoms. The monoisotopic (exact) mass is 385 g/mol. The summed E-state index contributed by atoms with van der Waals surface area (Å²) in [5, 5.41) is 3.68. The Labute approximate surface area is 164 Å². The van der Waals surface area contributed by atoms with Crippen LogP contribution in [-0.2, 0) is 14.3 Å². The van der Waals surface area contributed by atoms with Gasteiger partial charge in [-0.1, -0.05) is 26.2 Å². The maximum Gasteiger partial charge on any atom is 0.305 e. The molecule has 7 nitrogen and oxygen atoms in total. The molecule has 0 aliphatic heterocycles. The van der Waals surface area contributed by atoms with Crippen molar-refractivity contribution in [2.24, 2.45) is 5.41 Å². The zero-order valence-electron chi connectivity index (χ0n) is 16.4. The van der Waals surface area contributed by atoms with Crippen LogP contribution in [0.15, 0.2) is 18.2 Å². The highest BCUT2D eigenvalue weighted by atomic mass is 16.5. The standard InChI is InChI=1S/C21H27N3O4/c1-21(10-4-3-5-11-21)20(27)23-13-6-7-14-15(12-13)24-19(22)18(14)16(25)8-9-17(26)28-2/h6-7,12,24H,3-5,8-11,22H2,1-2H3,(H,23,27).